The average molecular weight is 252 g/mol. The molecule has 4 heteroatoms. The molecule has 0 saturated heterocycles. The Labute approximate surface area is 110 Å². The molecule has 0 aliphatic heterocycles. The molecule has 1 aromatic heterocycles. The fourth-order valence-electron chi connectivity index (χ4n) is 1.99. The lowest BCUT2D eigenvalue weighted by atomic mass is 10.2. The van der Waals surface area contributed by atoms with Crippen LogP contribution in [0.1, 0.15) is 6.92 Å². The molecule has 0 unspecified atom stereocenters. The van der Waals surface area contributed by atoms with Crippen LogP contribution in [0.5, 0.6) is 5.88 Å². The van der Waals surface area contributed by atoms with Crippen LogP contribution in [0, 0.1) is 0 Å². The van der Waals surface area contributed by atoms with Gasteiger partial charge in [0.2, 0.25) is 5.88 Å². The van der Waals surface area contributed by atoms with Gasteiger partial charge in [0.25, 0.3) is 0 Å². The molecule has 0 amide bonds. The van der Waals surface area contributed by atoms with E-state index in [1.807, 2.05) is 54.6 Å². The average Bonchev–Trinajstić information content (AvgIpc) is 2.78. The molecular weight excluding hydrogens is 240 g/mol. The van der Waals surface area contributed by atoms with E-state index >= 15 is 0 Å². The first-order valence-corrected chi connectivity index (χ1v) is 5.97. The van der Waals surface area contributed by atoms with Gasteiger partial charge in [-0.15, -0.1) is 0 Å². The molecule has 0 aliphatic rings. The molecule has 3 rings (SSSR count). The van der Waals surface area contributed by atoms with Gasteiger partial charge in [0, 0.05) is 6.92 Å². The molecule has 0 saturated carbocycles. The number of nitrogens with zero attached hydrogens (tertiary/aromatic N) is 2. The Morgan fingerprint density at radius 1 is 1.05 bits per heavy atom. The van der Waals surface area contributed by atoms with E-state index in [0.29, 0.717) is 5.88 Å². The topological polar surface area (TPSA) is 44.1 Å². The van der Waals surface area contributed by atoms with Gasteiger partial charge in [0.05, 0.1) is 16.6 Å². The quantitative estimate of drug-likeness (QED) is 0.659. The molecule has 2 aromatic carbocycles. The Morgan fingerprint density at radius 2 is 1.74 bits per heavy atom. The molecule has 3 aromatic rings. The van der Waals surface area contributed by atoms with Crippen molar-refractivity contribution >= 4 is 16.9 Å². The van der Waals surface area contributed by atoms with E-state index < -0.39 is 0 Å². The van der Waals surface area contributed by atoms with Gasteiger partial charge in [-0.1, -0.05) is 30.3 Å². The summed E-state index contributed by atoms with van der Waals surface area (Å²) >= 11 is 0. The number of aromatic nitrogens is 2. The van der Waals surface area contributed by atoms with Crippen LogP contribution >= 0.6 is 0 Å². The molecular formula is C15H12N2O2. The molecule has 94 valence electrons. The molecule has 0 aliphatic carbocycles. The number of ether oxygens (including phenoxy) is 1. The summed E-state index contributed by atoms with van der Waals surface area (Å²) in [4.78, 5) is 11.3. The van der Waals surface area contributed by atoms with Crippen LogP contribution in [-0.4, -0.2) is 15.7 Å². The monoisotopic (exact) mass is 252 g/mol. The molecule has 0 bridgehead atoms. The standard InChI is InChI=1S/C15H12N2O2/c1-11(18)19-15-13-9-5-6-10-14(13)16-17(15)12-7-3-2-4-8-12/h2-10H,1H3. The summed E-state index contributed by atoms with van der Waals surface area (Å²) < 4.78 is 6.96. The molecule has 4 nitrogen and oxygen atoms in total. The van der Waals surface area contributed by atoms with Crippen LogP contribution in [0.4, 0.5) is 0 Å². The minimum atomic E-state index is -0.358. The summed E-state index contributed by atoms with van der Waals surface area (Å²) in [6, 6.07) is 17.2. The number of esters is 1. The van der Waals surface area contributed by atoms with Crippen LogP contribution in [0.25, 0.3) is 16.6 Å². The SMILES string of the molecule is CC(=O)Oc1c2ccccc2nn1-c1ccccc1. The summed E-state index contributed by atoms with van der Waals surface area (Å²) in [6.07, 6.45) is 0. The molecule has 0 fully saturated rings. The second-order valence-electron chi connectivity index (χ2n) is 4.16. The van der Waals surface area contributed by atoms with Gasteiger partial charge in [-0.2, -0.15) is 9.78 Å². The fraction of sp³-hybridized carbons (Fsp3) is 0.0667. The highest BCUT2D eigenvalue weighted by atomic mass is 16.5. The van der Waals surface area contributed by atoms with Crippen LogP contribution < -0.4 is 4.74 Å². The summed E-state index contributed by atoms with van der Waals surface area (Å²) in [7, 11) is 0. The van der Waals surface area contributed by atoms with Crippen molar-refractivity contribution in [2.75, 3.05) is 0 Å². The summed E-state index contributed by atoms with van der Waals surface area (Å²) in [5.74, 6) is 0.0946. The lowest BCUT2D eigenvalue weighted by Crippen LogP contribution is -2.07. The Balaban J connectivity index is 2.26. The summed E-state index contributed by atoms with van der Waals surface area (Å²) in [5.41, 5.74) is 1.65. The summed E-state index contributed by atoms with van der Waals surface area (Å²) in [6.45, 7) is 1.39. The number of fused-ring (bicyclic) bond motifs is 1. The minimum absolute atomic E-state index is 0.358. The van der Waals surface area contributed by atoms with E-state index in [9.17, 15) is 4.79 Å². The highest BCUT2D eigenvalue weighted by Gasteiger charge is 2.15. The highest BCUT2D eigenvalue weighted by molar-refractivity contribution is 5.87. The van der Waals surface area contributed by atoms with Gasteiger partial charge in [-0.25, -0.2) is 0 Å². The first-order valence-electron chi connectivity index (χ1n) is 5.97. The molecule has 0 N–H and O–H groups in total. The normalized spacial score (nSPS) is 10.6. The van der Waals surface area contributed by atoms with Crippen LogP contribution in [0.2, 0.25) is 0 Å². The van der Waals surface area contributed by atoms with Crippen molar-refractivity contribution in [2.45, 2.75) is 6.92 Å². The van der Waals surface area contributed by atoms with E-state index in [2.05, 4.69) is 5.10 Å². The predicted octanol–water partition coefficient (Wildman–Crippen LogP) is 2.95. The van der Waals surface area contributed by atoms with E-state index in [1.165, 1.54) is 6.92 Å². The van der Waals surface area contributed by atoms with Crippen molar-refractivity contribution in [1.82, 2.24) is 9.78 Å². The van der Waals surface area contributed by atoms with E-state index in [1.54, 1.807) is 4.68 Å². The lowest BCUT2D eigenvalue weighted by molar-refractivity contribution is -0.132. The molecule has 0 spiro atoms. The van der Waals surface area contributed by atoms with Gasteiger partial charge in [-0.05, 0) is 24.3 Å². The number of carbonyl (C=O) groups excluding carboxylic acids is 1. The van der Waals surface area contributed by atoms with Crippen molar-refractivity contribution in [3.8, 4) is 11.6 Å². The number of hydrogen-bond donors (Lipinski definition) is 0. The Hall–Kier alpha value is -2.62. The number of carbonyl (C=O) groups is 1. The van der Waals surface area contributed by atoms with Gasteiger partial charge >= 0.3 is 5.97 Å². The minimum Gasteiger partial charge on any atom is -0.407 e. The van der Waals surface area contributed by atoms with E-state index in [-0.39, 0.29) is 5.97 Å². The maximum atomic E-state index is 11.3. The van der Waals surface area contributed by atoms with E-state index in [4.69, 9.17) is 4.74 Å². The van der Waals surface area contributed by atoms with Crippen LogP contribution in [-0.2, 0) is 4.79 Å². The van der Waals surface area contributed by atoms with Crippen molar-refractivity contribution in [1.29, 1.82) is 0 Å². The number of hydrogen-bond acceptors (Lipinski definition) is 3. The second-order valence-corrected chi connectivity index (χ2v) is 4.16. The third-order valence-electron chi connectivity index (χ3n) is 2.78. The van der Waals surface area contributed by atoms with Crippen molar-refractivity contribution in [3.63, 3.8) is 0 Å². The fourth-order valence-corrected chi connectivity index (χ4v) is 1.99. The zero-order chi connectivity index (χ0) is 13.2. The zero-order valence-corrected chi connectivity index (χ0v) is 10.4. The van der Waals surface area contributed by atoms with Crippen LogP contribution in [0.15, 0.2) is 54.6 Å². The Bertz CT molecular complexity index is 732. The molecule has 0 radical (unpaired) electrons. The number of rotatable bonds is 2. The zero-order valence-electron chi connectivity index (χ0n) is 10.4. The molecule has 1 heterocycles. The molecule has 19 heavy (non-hydrogen) atoms. The Morgan fingerprint density at radius 3 is 2.47 bits per heavy atom. The highest BCUT2D eigenvalue weighted by Crippen LogP contribution is 2.28. The maximum absolute atomic E-state index is 11.3. The smallest absolute Gasteiger partial charge is 0.309 e. The van der Waals surface area contributed by atoms with Crippen LogP contribution in [0.3, 0.4) is 0 Å². The molecule has 0 atom stereocenters. The Kier molecular flexibility index (Phi) is 2.76. The second kappa shape index (κ2) is 4.57. The van der Waals surface area contributed by atoms with Gasteiger partial charge in [0.1, 0.15) is 0 Å². The van der Waals surface area contributed by atoms with Gasteiger partial charge < -0.3 is 4.74 Å². The number of para-hydroxylation sites is 1. The van der Waals surface area contributed by atoms with Crippen molar-refractivity contribution < 1.29 is 9.53 Å². The first kappa shape index (κ1) is 11.5. The largest absolute Gasteiger partial charge is 0.407 e. The predicted molar refractivity (Wildman–Crippen MR) is 72.4 cm³/mol. The van der Waals surface area contributed by atoms with E-state index in [0.717, 1.165) is 16.6 Å². The van der Waals surface area contributed by atoms with Crippen molar-refractivity contribution in [2.24, 2.45) is 0 Å². The third-order valence-corrected chi connectivity index (χ3v) is 2.78. The lowest BCUT2D eigenvalue weighted by Gasteiger charge is -2.06. The van der Waals surface area contributed by atoms with Gasteiger partial charge in [-0.3, -0.25) is 4.79 Å². The maximum Gasteiger partial charge on any atom is 0.309 e. The van der Waals surface area contributed by atoms with Gasteiger partial charge in [0.15, 0.2) is 0 Å². The van der Waals surface area contributed by atoms with Crippen molar-refractivity contribution in [3.05, 3.63) is 54.6 Å². The third kappa shape index (κ3) is 2.08. The summed E-state index contributed by atoms with van der Waals surface area (Å²) in [5, 5.41) is 5.30. The number of benzene rings is 2. The first-order chi connectivity index (χ1) is 9.25.